The second kappa shape index (κ2) is 5.02. The van der Waals surface area contributed by atoms with Gasteiger partial charge in [0.1, 0.15) is 5.01 Å². The van der Waals surface area contributed by atoms with Crippen molar-refractivity contribution in [3.8, 4) is 21.3 Å². The molecular formula is C15H13N3OS. The van der Waals surface area contributed by atoms with Crippen LogP contribution < -0.4 is 0 Å². The number of hydrogen-bond donors (Lipinski definition) is 0. The van der Waals surface area contributed by atoms with Crippen molar-refractivity contribution in [2.24, 2.45) is 0 Å². The summed E-state index contributed by atoms with van der Waals surface area (Å²) in [7, 11) is 0. The third kappa shape index (κ3) is 2.16. The van der Waals surface area contributed by atoms with Crippen molar-refractivity contribution in [2.75, 3.05) is 0 Å². The summed E-state index contributed by atoms with van der Waals surface area (Å²) in [6, 6.07) is 8.04. The first-order valence-corrected chi connectivity index (χ1v) is 7.00. The molecule has 20 heavy (non-hydrogen) atoms. The molecule has 3 aromatic rings. The lowest BCUT2D eigenvalue weighted by Crippen LogP contribution is -1.79. The zero-order chi connectivity index (χ0) is 14.1. The standard InChI is InChI=1S/C15H13N3OS/c1-4-11-5-7-12(8-6-11)14-16-17-15(20-14)13-9(2)10(3)18-19-13/h4-8H,1H2,2-3H3. The van der Waals surface area contributed by atoms with Crippen LogP contribution in [-0.4, -0.2) is 15.4 Å². The Morgan fingerprint density at radius 2 is 1.80 bits per heavy atom. The van der Waals surface area contributed by atoms with Crippen molar-refractivity contribution in [3.63, 3.8) is 0 Å². The van der Waals surface area contributed by atoms with Gasteiger partial charge < -0.3 is 4.52 Å². The van der Waals surface area contributed by atoms with Crippen LogP contribution in [0.5, 0.6) is 0 Å². The van der Waals surface area contributed by atoms with E-state index in [1.807, 2.05) is 44.2 Å². The SMILES string of the molecule is C=Cc1ccc(-c2nnc(-c3onc(C)c3C)s2)cc1. The summed E-state index contributed by atoms with van der Waals surface area (Å²) in [6.07, 6.45) is 1.82. The van der Waals surface area contributed by atoms with Crippen LogP contribution in [0, 0.1) is 13.8 Å². The molecule has 0 unspecified atom stereocenters. The van der Waals surface area contributed by atoms with Gasteiger partial charge in [-0.15, -0.1) is 10.2 Å². The van der Waals surface area contributed by atoms with E-state index in [4.69, 9.17) is 4.52 Å². The molecule has 0 saturated heterocycles. The Morgan fingerprint density at radius 1 is 1.10 bits per heavy atom. The highest BCUT2D eigenvalue weighted by Crippen LogP contribution is 2.32. The van der Waals surface area contributed by atoms with Crippen molar-refractivity contribution in [2.45, 2.75) is 13.8 Å². The van der Waals surface area contributed by atoms with Crippen molar-refractivity contribution in [1.29, 1.82) is 0 Å². The minimum atomic E-state index is 0.703. The third-order valence-corrected chi connectivity index (χ3v) is 4.14. The van der Waals surface area contributed by atoms with E-state index in [-0.39, 0.29) is 0 Å². The number of nitrogens with zero attached hydrogens (tertiary/aromatic N) is 3. The highest BCUT2D eigenvalue weighted by atomic mass is 32.1. The summed E-state index contributed by atoms with van der Waals surface area (Å²) in [4.78, 5) is 0. The van der Waals surface area contributed by atoms with Crippen molar-refractivity contribution >= 4 is 17.4 Å². The predicted octanol–water partition coefficient (Wildman–Crippen LogP) is 4.12. The Morgan fingerprint density at radius 3 is 2.40 bits per heavy atom. The minimum Gasteiger partial charge on any atom is -0.353 e. The van der Waals surface area contributed by atoms with E-state index in [0.29, 0.717) is 5.76 Å². The zero-order valence-corrected chi connectivity index (χ0v) is 12.1. The molecule has 0 amide bonds. The van der Waals surface area contributed by atoms with Gasteiger partial charge in [-0.2, -0.15) is 0 Å². The number of aryl methyl sites for hydroxylation is 1. The highest BCUT2D eigenvalue weighted by molar-refractivity contribution is 7.17. The molecule has 0 aliphatic rings. The molecule has 4 nitrogen and oxygen atoms in total. The molecule has 2 aromatic heterocycles. The van der Waals surface area contributed by atoms with Gasteiger partial charge in [-0.3, -0.25) is 0 Å². The molecule has 0 fully saturated rings. The van der Waals surface area contributed by atoms with Gasteiger partial charge in [0.2, 0.25) is 5.76 Å². The van der Waals surface area contributed by atoms with Gasteiger partial charge in [0.15, 0.2) is 5.01 Å². The monoisotopic (exact) mass is 283 g/mol. The second-order valence-electron chi connectivity index (χ2n) is 4.46. The number of benzene rings is 1. The molecule has 1 aromatic carbocycles. The van der Waals surface area contributed by atoms with Gasteiger partial charge in [-0.1, -0.05) is 53.4 Å². The Labute approximate surface area is 120 Å². The van der Waals surface area contributed by atoms with Gasteiger partial charge in [0, 0.05) is 11.1 Å². The van der Waals surface area contributed by atoms with Crippen molar-refractivity contribution in [3.05, 3.63) is 47.7 Å². The maximum Gasteiger partial charge on any atom is 0.200 e. The third-order valence-electron chi connectivity index (χ3n) is 3.17. The van der Waals surface area contributed by atoms with Gasteiger partial charge >= 0.3 is 0 Å². The Bertz CT molecular complexity index is 756. The first-order chi connectivity index (χ1) is 9.69. The summed E-state index contributed by atoms with van der Waals surface area (Å²) in [5.74, 6) is 0.703. The molecule has 0 aliphatic carbocycles. The molecule has 0 radical (unpaired) electrons. The molecule has 0 atom stereocenters. The van der Waals surface area contributed by atoms with Crippen LogP contribution in [0.15, 0.2) is 35.4 Å². The van der Waals surface area contributed by atoms with Crippen LogP contribution in [0.2, 0.25) is 0 Å². The largest absolute Gasteiger partial charge is 0.353 e. The van der Waals surface area contributed by atoms with Crippen LogP contribution in [0.3, 0.4) is 0 Å². The van der Waals surface area contributed by atoms with E-state index in [9.17, 15) is 0 Å². The number of rotatable bonds is 3. The summed E-state index contributed by atoms with van der Waals surface area (Å²) in [5.41, 5.74) is 4.01. The Kier molecular flexibility index (Phi) is 3.20. The molecule has 0 bridgehead atoms. The van der Waals surface area contributed by atoms with E-state index in [2.05, 4.69) is 21.9 Å². The normalized spacial score (nSPS) is 10.7. The fourth-order valence-electron chi connectivity index (χ4n) is 1.81. The van der Waals surface area contributed by atoms with E-state index in [1.54, 1.807) is 0 Å². The maximum absolute atomic E-state index is 5.31. The Balaban J connectivity index is 1.97. The van der Waals surface area contributed by atoms with E-state index >= 15 is 0 Å². The number of aromatic nitrogens is 3. The molecule has 5 heteroatoms. The molecule has 0 aliphatic heterocycles. The van der Waals surface area contributed by atoms with Gasteiger partial charge in [0.25, 0.3) is 0 Å². The minimum absolute atomic E-state index is 0.703. The lowest BCUT2D eigenvalue weighted by atomic mass is 10.1. The lowest BCUT2D eigenvalue weighted by Gasteiger charge is -1.95. The molecule has 0 spiro atoms. The summed E-state index contributed by atoms with van der Waals surface area (Å²) >= 11 is 1.50. The zero-order valence-electron chi connectivity index (χ0n) is 11.3. The first kappa shape index (κ1) is 12.7. The van der Waals surface area contributed by atoms with Crippen molar-refractivity contribution < 1.29 is 4.52 Å². The van der Waals surface area contributed by atoms with Crippen LogP contribution in [0.25, 0.3) is 27.4 Å². The van der Waals surface area contributed by atoms with Crippen molar-refractivity contribution in [1.82, 2.24) is 15.4 Å². The van der Waals surface area contributed by atoms with Crippen LogP contribution >= 0.6 is 11.3 Å². The topological polar surface area (TPSA) is 51.8 Å². The maximum atomic E-state index is 5.31. The molecular weight excluding hydrogens is 270 g/mol. The average Bonchev–Trinajstić information content (AvgIpc) is 3.08. The summed E-state index contributed by atoms with van der Waals surface area (Å²) < 4.78 is 5.31. The summed E-state index contributed by atoms with van der Waals surface area (Å²) in [6.45, 7) is 7.63. The average molecular weight is 283 g/mol. The molecule has 3 rings (SSSR count). The van der Waals surface area contributed by atoms with E-state index in [1.165, 1.54) is 11.3 Å². The van der Waals surface area contributed by atoms with E-state index < -0.39 is 0 Å². The second-order valence-corrected chi connectivity index (χ2v) is 5.44. The molecule has 0 N–H and O–H groups in total. The molecule has 0 saturated carbocycles. The fraction of sp³-hybridized carbons (Fsp3) is 0.133. The Hall–Kier alpha value is -2.27. The molecule has 2 heterocycles. The predicted molar refractivity (Wildman–Crippen MR) is 80.4 cm³/mol. The summed E-state index contributed by atoms with van der Waals surface area (Å²) in [5, 5.41) is 14.0. The first-order valence-electron chi connectivity index (χ1n) is 6.18. The van der Waals surface area contributed by atoms with Gasteiger partial charge in [0.05, 0.1) is 5.69 Å². The van der Waals surface area contributed by atoms with Crippen LogP contribution in [0.1, 0.15) is 16.8 Å². The molecule has 100 valence electrons. The highest BCUT2D eigenvalue weighted by Gasteiger charge is 2.16. The number of hydrogen-bond acceptors (Lipinski definition) is 5. The lowest BCUT2D eigenvalue weighted by molar-refractivity contribution is 0.426. The fourth-order valence-corrected chi connectivity index (χ4v) is 2.69. The quantitative estimate of drug-likeness (QED) is 0.725. The smallest absolute Gasteiger partial charge is 0.200 e. The van der Waals surface area contributed by atoms with Gasteiger partial charge in [-0.25, -0.2) is 0 Å². The van der Waals surface area contributed by atoms with E-state index in [0.717, 1.165) is 32.4 Å². The van der Waals surface area contributed by atoms with Crippen LogP contribution in [-0.2, 0) is 0 Å². The van der Waals surface area contributed by atoms with Crippen LogP contribution in [0.4, 0.5) is 0 Å². The van der Waals surface area contributed by atoms with Gasteiger partial charge in [-0.05, 0) is 19.4 Å².